The van der Waals surface area contributed by atoms with Gasteiger partial charge in [0.25, 0.3) is 0 Å². The molecule has 3 spiro atoms. The molecule has 2 aliphatic carbocycles. The van der Waals surface area contributed by atoms with Crippen molar-refractivity contribution in [1.29, 1.82) is 0 Å². The predicted molar refractivity (Wildman–Crippen MR) is 110 cm³/mol. The van der Waals surface area contributed by atoms with E-state index in [0.717, 1.165) is 78.1 Å². The molecule has 4 aliphatic heterocycles. The zero-order valence-electron chi connectivity index (χ0n) is 18.0. The molecule has 0 radical (unpaired) electrons. The third-order valence-corrected chi connectivity index (χ3v) is 8.43. The number of nitrogens with one attached hydrogen (secondary N) is 1. The van der Waals surface area contributed by atoms with Crippen molar-refractivity contribution in [2.24, 2.45) is 5.92 Å². The maximum atomic E-state index is 6.39. The number of morpholine rings is 3. The largest absolute Gasteiger partial charge is 0.374 e. The van der Waals surface area contributed by atoms with Gasteiger partial charge < -0.3 is 24.4 Å². The highest BCUT2D eigenvalue weighted by molar-refractivity contribution is 5.09. The fourth-order valence-corrected chi connectivity index (χ4v) is 6.54. The molecule has 1 unspecified atom stereocenters. The Labute approximate surface area is 175 Å². The third-order valence-electron chi connectivity index (χ3n) is 8.43. The van der Waals surface area contributed by atoms with Crippen LogP contribution >= 0.6 is 0 Å². The van der Waals surface area contributed by atoms with Crippen molar-refractivity contribution in [3.8, 4) is 0 Å². The van der Waals surface area contributed by atoms with Crippen molar-refractivity contribution in [3.05, 3.63) is 0 Å². The lowest BCUT2D eigenvalue weighted by atomic mass is 9.69. The van der Waals surface area contributed by atoms with Crippen molar-refractivity contribution in [2.75, 3.05) is 85.8 Å². The van der Waals surface area contributed by atoms with Gasteiger partial charge in [-0.1, -0.05) is 0 Å². The van der Waals surface area contributed by atoms with E-state index >= 15 is 0 Å². The van der Waals surface area contributed by atoms with E-state index in [4.69, 9.17) is 14.2 Å². The van der Waals surface area contributed by atoms with Gasteiger partial charge in [0.1, 0.15) is 5.60 Å². The molecule has 1 atom stereocenters. The smallest absolute Gasteiger partial charge is 0.106 e. The highest BCUT2D eigenvalue weighted by Gasteiger charge is 2.55. The Morgan fingerprint density at radius 1 is 0.966 bits per heavy atom. The molecule has 2 saturated carbocycles. The minimum Gasteiger partial charge on any atom is -0.374 e. The fourth-order valence-electron chi connectivity index (χ4n) is 6.54. The van der Waals surface area contributed by atoms with Gasteiger partial charge in [-0.2, -0.15) is 0 Å². The summed E-state index contributed by atoms with van der Waals surface area (Å²) in [5.41, 5.74) is 0.615. The lowest BCUT2D eigenvalue weighted by Crippen LogP contribution is -2.69. The number of nitrogens with zero attached hydrogens (tertiary/aromatic N) is 3. The van der Waals surface area contributed by atoms with Crippen LogP contribution in [0.15, 0.2) is 0 Å². The first kappa shape index (κ1) is 19.4. The molecule has 0 amide bonds. The minimum absolute atomic E-state index is 0.0811. The van der Waals surface area contributed by atoms with E-state index in [1.54, 1.807) is 0 Å². The van der Waals surface area contributed by atoms with E-state index in [1.165, 1.54) is 32.2 Å². The molecule has 0 aromatic rings. The summed E-state index contributed by atoms with van der Waals surface area (Å²) >= 11 is 0. The van der Waals surface area contributed by atoms with Gasteiger partial charge in [0.05, 0.1) is 31.5 Å². The molecule has 4 heterocycles. The second kappa shape index (κ2) is 7.12. The number of likely N-dealkylation sites (N-methyl/N-ethyl adjacent to an activating group) is 1. The van der Waals surface area contributed by atoms with Gasteiger partial charge in [-0.3, -0.25) is 9.80 Å². The Hall–Kier alpha value is -0.280. The molecule has 1 N–H and O–H groups in total. The fraction of sp³-hybridized carbons (Fsp3) is 1.00. The summed E-state index contributed by atoms with van der Waals surface area (Å²) in [5.74, 6) is 0.797. The molecule has 29 heavy (non-hydrogen) atoms. The Kier molecular flexibility index (Phi) is 4.77. The monoisotopic (exact) mass is 406 g/mol. The summed E-state index contributed by atoms with van der Waals surface area (Å²) < 4.78 is 18.7. The average Bonchev–Trinajstić information content (AvgIpc) is 3.43. The van der Waals surface area contributed by atoms with Crippen LogP contribution in [0, 0.1) is 5.92 Å². The van der Waals surface area contributed by atoms with Gasteiger partial charge in [-0.05, 0) is 38.6 Å². The van der Waals surface area contributed by atoms with Gasteiger partial charge in [0, 0.05) is 64.4 Å². The summed E-state index contributed by atoms with van der Waals surface area (Å²) in [6.07, 6.45) is 5.48. The van der Waals surface area contributed by atoms with Crippen molar-refractivity contribution in [2.45, 2.75) is 48.5 Å². The molecule has 0 aromatic carbocycles. The molecule has 0 bridgehead atoms. The summed E-state index contributed by atoms with van der Waals surface area (Å²) in [5, 5.41) is 3.38. The lowest BCUT2D eigenvalue weighted by Gasteiger charge is -2.54. The van der Waals surface area contributed by atoms with E-state index < -0.39 is 0 Å². The first-order chi connectivity index (χ1) is 14.1. The number of hydrogen-bond acceptors (Lipinski definition) is 7. The Balaban J connectivity index is 1.03. The summed E-state index contributed by atoms with van der Waals surface area (Å²) in [6, 6.07) is 0. The van der Waals surface area contributed by atoms with Crippen LogP contribution in [-0.4, -0.2) is 123 Å². The molecule has 6 fully saturated rings. The summed E-state index contributed by atoms with van der Waals surface area (Å²) in [6.45, 7) is 12.4. The van der Waals surface area contributed by atoms with Crippen LogP contribution in [0.4, 0.5) is 0 Å². The SMILES string of the molecule is CN1CCOC2(CC(CN3CC(CN4CCOC5(CNC5)C4)OCC34CC4)C2)C1. The third kappa shape index (κ3) is 3.67. The zero-order valence-corrected chi connectivity index (χ0v) is 18.0. The highest BCUT2D eigenvalue weighted by Crippen LogP contribution is 2.48. The molecule has 4 saturated heterocycles. The van der Waals surface area contributed by atoms with Gasteiger partial charge in [0.15, 0.2) is 0 Å². The molecule has 7 nitrogen and oxygen atoms in total. The Morgan fingerprint density at radius 3 is 2.48 bits per heavy atom. The first-order valence-electron chi connectivity index (χ1n) is 11.8. The van der Waals surface area contributed by atoms with Crippen molar-refractivity contribution < 1.29 is 14.2 Å². The molecule has 0 aromatic heterocycles. The summed E-state index contributed by atoms with van der Waals surface area (Å²) in [4.78, 5) is 7.84. The maximum Gasteiger partial charge on any atom is 0.106 e. The predicted octanol–water partition coefficient (Wildman–Crippen LogP) is 0.00480. The maximum absolute atomic E-state index is 6.39. The van der Waals surface area contributed by atoms with Crippen LogP contribution in [0.3, 0.4) is 0 Å². The van der Waals surface area contributed by atoms with Gasteiger partial charge >= 0.3 is 0 Å². The molecule has 164 valence electrons. The number of rotatable bonds is 4. The van der Waals surface area contributed by atoms with E-state index in [2.05, 4.69) is 27.1 Å². The molecular weight excluding hydrogens is 368 g/mol. The Bertz CT molecular complexity index is 617. The topological polar surface area (TPSA) is 49.4 Å². The van der Waals surface area contributed by atoms with E-state index in [1.807, 2.05) is 0 Å². The van der Waals surface area contributed by atoms with Crippen LogP contribution in [0.1, 0.15) is 25.7 Å². The van der Waals surface area contributed by atoms with Crippen LogP contribution in [-0.2, 0) is 14.2 Å². The second-order valence-corrected chi connectivity index (χ2v) is 11.0. The van der Waals surface area contributed by atoms with Gasteiger partial charge in [-0.15, -0.1) is 0 Å². The molecule has 7 heteroatoms. The second-order valence-electron chi connectivity index (χ2n) is 11.0. The van der Waals surface area contributed by atoms with Crippen molar-refractivity contribution in [1.82, 2.24) is 20.0 Å². The van der Waals surface area contributed by atoms with E-state index in [9.17, 15) is 0 Å². The van der Waals surface area contributed by atoms with Crippen molar-refractivity contribution >= 4 is 0 Å². The standard InChI is InChI=1S/C22H38N4O3/c1-24-4-6-28-21(15-24)8-18(9-21)10-26-12-19(27-17-20(26)2-3-20)11-25-5-7-29-22(16-25)13-23-14-22/h18-19,23H,2-17H2,1H3. The molecule has 6 aliphatic rings. The van der Waals surface area contributed by atoms with Crippen molar-refractivity contribution in [3.63, 3.8) is 0 Å². The van der Waals surface area contributed by atoms with Crippen LogP contribution in [0.25, 0.3) is 0 Å². The molecular formula is C22H38N4O3. The summed E-state index contributed by atoms with van der Waals surface area (Å²) in [7, 11) is 2.23. The first-order valence-corrected chi connectivity index (χ1v) is 11.8. The van der Waals surface area contributed by atoms with Crippen LogP contribution in [0.5, 0.6) is 0 Å². The van der Waals surface area contributed by atoms with Crippen LogP contribution < -0.4 is 5.32 Å². The Morgan fingerprint density at radius 2 is 1.76 bits per heavy atom. The average molecular weight is 407 g/mol. The molecule has 6 rings (SSSR count). The lowest BCUT2D eigenvalue weighted by molar-refractivity contribution is -0.180. The highest BCUT2D eigenvalue weighted by atomic mass is 16.5. The minimum atomic E-state index is 0.0811. The quantitative estimate of drug-likeness (QED) is 0.706. The zero-order chi connectivity index (χ0) is 19.5. The van der Waals surface area contributed by atoms with E-state index in [-0.39, 0.29) is 11.2 Å². The van der Waals surface area contributed by atoms with Gasteiger partial charge in [-0.25, -0.2) is 0 Å². The number of ether oxygens (including phenoxy) is 3. The van der Waals surface area contributed by atoms with Crippen LogP contribution in [0.2, 0.25) is 0 Å². The normalized spacial score (nSPS) is 36.9. The number of hydrogen-bond donors (Lipinski definition) is 1. The van der Waals surface area contributed by atoms with E-state index in [0.29, 0.717) is 11.6 Å². The van der Waals surface area contributed by atoms with Gasteiger partial charge in [0.2, 0.25) is 0 Å².